The van der Waals surface area contributed by atoms with Gasteiger partial charge in [0.05, 0.1) is 0 Å². The molecule has 1 aliphatic carbocycles. The van der Waals surface area contributed by atoms with Crippen molar-refractivity contribution in [2.24, 2.45) is 0 Å². The highest BCUT2D eigenvalue weighted by molar-refractivity contribution is 7.99. The molecule has 1 aliphatic rings. The van der Waals surface area contributed by atoms with Gasteiger partial charge in [-0.05, 0) is 55.3 Å². The number of anilines is 3. The van der Waals surface area contributed by atoms with E-state index in [1.807, 2.05) is 30.3 Å². The van der Waals surface area contributed by atoms with Gasteiger partial charge in [0.2, 0.25) is 5.95 Å². The Morgan fingerprint density at radius 3 is 2.73 bits per heavy atom. The highest BCUT2D eigenvalue weighted by Gasteiger charge is 2.28. The van der Waals surface area contributed by atoms with Crippen LogP contribution in [0.4, 0.5) is 17.5 Å². The molecular weight excluding hydrogens is 346 g/mol. The van der Waals surface area contributed by atoms with Crippen molar-refractivity contribution >= 4 is 29.2 Å². The number of hydrogen-bond donors (Lipinski definition) is 3. The first-order chi connectivity index (χ1) is 12.7. The fourth-order valence-electron chi connectivity index (χ4n) is 2.58. The van der Waals surface area contributed by atoms with Crippen molar-refractivity contribution in [3.63, 3.8) is 0 Å². The number of nitrogens with one attached hydrogen (secondary N) is 2. The first-order valence-corrected chi connectivity index (χ1v) is 9.62. The fourth-order valence-corrected chi connectivity index (χ4v) is 3.33. The Labute approximate surface area is 156 Å². The Kier molecular flexibility index (Phi) is 4.75. The summed E-state index contributed by atoms with van der Waals surface area (Å²) in [5, 5.41) is 11.2. The van der Waals surface area contributed by atoms with Crippen LogP contribution in [0.2, 0.25) is 0 Å². The third-order valence-corrected chi connectivity index (χ3v) is 4.93. The minimum absolute atomic E-state index is 0.444. The predicted octanol–water partition coefficient (Wildman–Crippen LogP) is 3.90. The van der Waals surface area contributed by atoms with Gasteiger partial charge in [-0.3, -0.25) is 5.10 Å². The first-order valence-electron chi connectivity index (χ1n) is 8.80. The van der Waals surface area contributed by atoms with Gasteiger partial charge in [-0.2, -0.15) is 15.1 Å². The largest absolute Gasteiger partial charge is 0.399 e. The van der Waals surface area contributed by atoms with E-state index in [-0.39, 0.29) is 0 Å². The molecule has 0 atom stereocenters. The molecule has 4 rings (SSSR count). The number of benzene rings is 1. The number of aromatic amines is 1. The van der Waals surface area contributed by atoms with Crippen LogP contribution in [-0.4, -0.2) is 25.1 Å². The maximum Gasteiger partial charge on any atom is 0.232 e. The lowest BCUT2D eigenvalue weighted by Gasteiger charge is -2.07. The number of nitrogens with zero attached hydrogens (tertiary/aromatic N) is 4. The maximum absolute atomic E-state index is 5.76. The molecule has 0 radical (unpaired) electrons. The molecule has 4 N–H and O–H groups in total. The van der Waals surface area contributed by atoms with Gasteiger partial charge >= 0.3 is 0 Å². The number of aromatic nitrogens is 5. The molecule has 0 unspecified atom stereocenters. The lowest BCUT2D eigenvalue weighted by atomic mass is 10.2. The molecule has 2 aromatic heterocycles. The quantitative estimate of drug-likeness (QED) is 0.544. The summed E-state index contributed by atoms with van der Waals surface area (Å²) >= 11 is 1.51. The van der Waals surface area contributed by atoms with E-state index in [1.165, 1.54) is 11.8 Å². The maximum atomic E-state index is 5.76. The second-order valence-corrected chi connectivity index (χ2v) is 7.44. The van der Waals surface area contributed by atoms with E-state index in [4.69, 9.17) is 5.73 Å². The van der Waals surface area contributed by atoms with Gasteiger partial charge < -0.3 is 11.1 Å². The number of rotatable bonds is 7. The zero-order chi connectivity index (χ0) is 17.9. The van der Waals surface area contributed by atoms with Gasteiger partial charge in [0.25, 0.3) is 0 Å². The molecule has 0 aliphatic heterocycles. The van der Waals surface area contributed by atoms with Gasteiger partial charge in [-0.15, -0.1) is 0 Å². The predicted molar refractivity (Wildman–Crippen MR) is 103 cm³/mol. The van der Waals surface area contributed by atoms with Crippen molar-refractivity contribution in [1.82, 2.24) is 25.1 Å². The summed E-state index contributed by atoms with van der Waals surface area (Å²) in [6.45, 7) is 2.14. The molecule has 1 saturated carbocycles. The summed E-state index contributed by atoms with van der Waals surface area (Å²) in [5.41, 5.74) is 7.60. The van der Waals surface area contributed by atoms with Gasteiger partial charge in [0, 0.05) is 28.3 Å². The molecule has 0 spiro atoms. The Hall–Kier alpha value is -2.61. The monoisotopic (exact) mass is 367 g/mol. The third-order valence-electron chi connectivity index (χ3n) is 4.05. The normalized spacial score (nSPS) is 13.7. The first kappa shape index (κ1) is 16.8. The average Bonchev–Trinajstić information content (AvgIpc) is 3.39. The van der Waals surface area contributed by atoms with E-state index >= 15 is 0 Å². The van der Waals surface area contributed by atoms with E-state index in [0.717, 1.165) is 53.6 Å². The Balaban J connectivity index is 1.57. The molecule has 1 fully saturated rings. The molecule has 3 aromatic rings. The standard InChI is InChI=1S/C18H21N7S/c1-2-3-13-10-15(25-24-13)20-17-21-16(11-4-5-11)22-18(23-17)26-14-8-6-12(19)7-9-14/h6-11H,2-5,19H2,1H3,(H2,20,21,22,23,24,25). The van der Waals surface area contributed by atoms with Crippen molar-refractivity contribution in [1.29, 1.82) is 0 Å². The second kappa shape index (κ2) is 7.33. The van der Waals surface area contributed by atoms with Gasteiger partial charge in [-0.1, -0.05) is 13.3 Å². The summed E-state index contributed by atoms with van der Waals surface area (Å²) in [4.78, 5) is 14.8. The van der Waals surface area contributed by atoms with Crippen molar-refractivity contribution in [3.05, 3.63) is 41.9 Å². The van der Waals surface area contributed by atoms with Crippen molar-refractivity contribution in [2.45, 2.75) is 48.6 Å². The number of nitrogen functional groups attached to an aromatic ring is 1. The van der Waals surface area contributed by atoms with Crippen LogP contribution in [0.1, 0.15) is 43.6 Å². The van der Waals surface area contributed by atoms with E-state index in [1.54, 1.807) is 0 Å². The van der Waals surface area contributed by atoms with E-state index in [9.17, 15) is 0 Å². The molecule has 0 bridgehead atoms. The highest BCUT2D eigenvalue weighted by Crippen LogP contribution is 2.39. The molecule has 8 heteroatoms. The molecule has 134 valence electrons. The summed E-state index contributed by atoms with van der Waals surface area (Å²) in [5.74, 6) is 2.56. The minimum atomic E-state index is 0.444. The molecule has 0 amide bonds. The topological polar surface area (TPSA) is 105 Å². The van der Waals surface area contributed by atoms with Crippen molar-refractivity contribution < 1.29 is 0 Å². The lowest BCUT2D eigenvalue weighted by molar-refractivity contribution is 0.814. The SMILES string of the molecule is CCCc1cc(Nc2nc(Sc3ccc(N)cc3)nc(C3CC3)n2)n[nH]1. The van der Waals surface area contributed by atoms with Crippen LogP contribution < -0.4 is 11.1 Å². The Morgan fingerprint density at radius 1 is 1.19 bits per heavy atom. The molecule has 1 aromatic carbocycles. The molecular formula is C18H21N7S. The zero-order valence-corrected chi connectivity index (χ0v) is 15.4. The average molecular weight is 367 g/mol. The second-order valence-electron chi connectivity index (χ2n) is 6.40. The van der Waals surface area contributed by atoms with Crippen LogP contribution in [0, 0.1) is 0 Å². The Bertz CT molecular complexity index is 887. The highest BCUT2D eigenvalue weighted by atomic mass is 32.2. The smallest absolute Gasteiger partial charge is 0.232 e. The lowest BCUT2D eigenvalue weighted by Crippen LogP contribution is -2.04. The summed E-state index contributed by atoms with van der Waals surface area (Å²) in [6.07, 6.45) is 4.32. The van der Waals surface area contributed by atoms with Crippen LogP contribution in [0.5, 0.6) is 0 Å². The van der Waals surface area contributed by atoms with Crippen LogP contribution >= 0.6 is 11.8 Å². The number of aryl methyl sites for hydroxylation is 1. The van der Waals surface area contributed by atoms with Crippen LogP contribution in [-0.2, 0) is 6.42 Å². The molecule has 2 heterocycles. The number of hydrogen-bond acceptors (Lipinski definition) is 7. The van der Waals surface area contributed by atoms with E-state index in [0.29, 0.717) is 17.0 Å². The summed E-state index contributed by atoms with van der Waals surface area (Å²) in [7, 11) is 0. The van der Waals surface area contributed by atoms with Gasteiger partial charge in [-0.25, -0.2) is 4.98 Å². The zero-order valence-electron chi connectivity index (χ0n) is 14.6. The van der Waals surface area contributed by atoms with E-state index < -0.39 is 0 Å². The molecule has 7 nitrogen and oxygen atoms in total. The van der Waals surface area contributed by atoms with Gasteiger partial charge in [0.1, 0.15) is 5.82 Å². The number of nitrogens with two attached hydrogens (primary N) is 1. The minimum Gasteiger partial charge on any atom is -0.399 e. The molecule has 26 heavy (non-hydrogen) atoms. The van der Waals surface area contributed by atoms with Crippen LogP contribution in [0.25, 0.3) is 0 Å². The summed E-state index contributed by atoms with van der Waals surface area (Å²) < 4.78 is 0. The van der Waals surface area contributed by atoms with Crippen LogP contribution in [0.15, 0.2) is 40.4 Å². The molecule has 0 saturated heterocycles. The fraction of sp³-hybridized carbons (Fsp3) is 0.333. The van der Waals surface area contributed by atoms with Gasteiger partial charge in [0.15, 0.2) is 11.0 Å². The Morgan fingerprint density at radius 2 is 2.00 bits per heavy atom. The van der Waals surface area contributed by atoms with Crippen molar-refractivity contribution in [3.8, 4) is 0 Å². The number of H-pyrrole nitrogens is 1. The van der Waals surface area contributed by atoms with E-state index in [2.05, 4.69) is 37.4 Å². The van der Waals surface area contributed by atoms with Crippen LogP contribution in [0.3, 0.4) is 0 Å². The third kappa shape index (κ3) is 4.13. The van der Waals surface area contributed by atoms with Crippen molar-refractivity contribution in [2.75, 3.05) is 11.1 Å². The summed E-state index contributed by atoms with van der Waals surface area (Å²) in [6, 6.07) is 9.70.